The van der Waals surface area contributed by atoms with E-state index in [0.29, 0.717) is 17.4 Å². The van der Waals surface area contributed by atoms with Gasteiger partial charge in [-0.05, 0) is 31.5 Å². The number of rotatable bonds is 3. The predicted molar refractivity (Wildman–Crippen MR) is 73.0 cm³/mol. The molecule has 0 amide bonds. The maximum Gasteiger partial charge on any atom is 0.136 e. The molecule has 0 N–H and O–H groups in total. The molecule has 2 rings (SSSR count). The van der Waals surface area contributed by atoms with Gasteiger partial charge >= 0.3 is 0 Å². The number of hydrogen-bond donors (Lipinski definition) is 0. The summed E-state index contributed by atoms with van der Waals surface area (Å²) in [6.45, 7) is 6.83. The predicted octanol–water partition coefficient (Wildman–Crippen LogP) is 2.18. The quantitative estimate of drug-likeness (QED) is 0.835. The fourth-order valence-electron chi connectivity index (χ4n) is 2.35. The summed E-state index contributed by atoms with van der Waals surface area (Å²) in [5.74, 6) is 0.647. The lowest BCUT2D eigenvalue weighted by Gasteiger charge is -2.36. The van der Waals surface area contributed by atoms with Crippen molar-refractivity contribution in [3.63, 3.8) is 0 Å². The van der Waals surface area contributed by atoms with Crippen LogP contribution in [-0.4, -0.2) is 37.3 Å². The number of hydrogen-bond acceptors (Lipinski definition) is 4. The summed E-state index contributed by atoms with van der Waals surface area (Å²) in [6.07, 6.45) is 0.275. The summed E-state index contributed by atoms with van der Waals surface area (Å²) in [7, 11) is 1.60. The van der Waals surface area contributed by atoms with Gasteiger partial charge in [-0.1, -0.05) is 6.07 Å². The first-order chi connectivity index (χ1) is 9.13. The van der Waals surface area contributed by atoms with Crippen LogP contribution in [0, 0.1) is 11.3 Å². The van der Waals surface area contributed by atoms with Crippen LogP contribution in [0.25, 0.3) is 0 Å². The van der Waals surface area contributed by atoms with E-state index in [0.717, 1.165) is 25.3 Å². The second-order valence-electron chi connectivity index (χ2n) is 5.07. The van der Waals surface area contributed by atoms with Gasteiger partial charge in [0.05, 0.1) is 25.4 Å². The molecule has 0 bridgehead atoms. The average Bonchev–Trinajstić information content (AvgIpc) is 2.42. The molecule has 1 aromatic rings. The van der Waals surface area contributed by atoms with Gasteiger partial charge in [0, 0.05) is 19.1 Å². The molecule has 0 spiro atoms. The standard InChI is InChI=1S/C15H20N2O2/c1-11-10-19-12(2)8-17(11)9-13-4-5-14(7-16)15(6-13)18-3/h4-6,11-12H,8-10H2,1-3H3. The van der Waals surface area contributed by atoms with Gasteiger partial charge in [0.25, 0.3) is 0 Å². The maximum atomic E-state index is 8.98. The van der Waals surface area contributed by atoms with E-state index < -0.39 is 0 Å². The minimum absolute atomic E-state index is 0.275. The van der Waals surface area contributed by atoms with Gasteiger partial charge in [-0.3, -0.25) is 4.90 Å². The zero-order chi connectivity index (χ0) is 13.8. The molecule has 0 aliphatic carbocycles. The van der Waals surface area contributed by atoms with E-state index in [-0.39, 0.29) is 6.10 Å². The molecular formula is C15H20N2O2. The van der Waals surface area contributed by atoms with Crippen LogP contribution >= 0.6 is 0 Å². The molecule has 2 atom stereocenters. The Morgan fingerprint density at radius 3 is 2.95 bits per heavy atom. The van der Waals surface area contributed by atoms with Crippen molar-refractivity contribution in [2.45, 2.75) is 32.5 Å². The van der Waals surface area contributed by atoms with E-state index in [1.54, 1.807) is 7.11 Å². The molecule has 0 saturated carbocycles. The Hall–Kier alpha value is -1.57. The molecule has 1 aliphatic heterocycles. The fourth-order valence-corrected chi connectivity index (χ4v) is 2.35. The van der Waals surface area contributed by atoms with Crippen molar-refractivity contribution in [1.82, 2.24) is 4.90 Å². The van der Waals surface area contributed by atoms with Crippen molar-refractivity contribution in [2.75, 3.05) is 20.3 Å². The number of ether oxygens (including phenoxy) is 2. The van der Waals surface area contributed by atoms with Gasteiger partial charge in [-0.2, -0.15) is 5.26 Å². The number of benzene rings is 1. The summed E-state index contributed by atoms with van der Waals surface area (Å²) < 4.78 is 10.9. The lowest BCUT2D eigenvalue weighted by atomic mass is 10.1. The zero-order valence-corrected chi connectivity index (χ0v) is 11.7. The molecule has 1 aromatic carbocycles. The van der Waals surface area contributed by atoms with E-state index in [4.69, 9.17) is 14.7 Å². The first kappa shape index (κ1) is 13.9. The molecule has 4 nitrogen and oxygen atoms in total. The van der Waals surface area contributed by atoms with Gasteiger partial charge in [0.2, 0.25) is 0 Å². The summed E-state index contributed by atoms with van der Waals surface area (Å²) in [5, 5.41) is 8.98. The molecule has 1 saturated heterocycles. The van der Waals surface area contributed by atoms with E-state index in [9.17, 15) is 0 Å². The number of nitrogens with zero attached hydrogens (tertiary/aromatic N) is 2. The highest BCUT2D eigenvalue weighted by molar-refractivity contribution is 5.45. The van der Waals surface area contributed by atoms with Crippen LogP contribution in [0.3, 0.4) is 0 Å². The molecule has 1 heterocycles. The van der Waals surface area contributed by atoms with Crippen LogP contribution in [0.1, 0.15) is 25.0 Å². The highest BCUT2D eigenvalue weighted by Gasteiger charge is 2.23. The Balaban J connectivity index is 2.12. The second-order valence-corrected chi connectivity index (χ2v) is 5.07. The van der Waals surface area contributed by atoms with Gasteiger partial charge in [-0.15, -0.1) is 0 Å². The fraction of sp³-hybridized carbons (Fsp3) is 0.533. The van der Waals surface area contributed by atoms with Crippen molar-refractivity contribution >= 4 is 0 Å². The van der Waals surface area contributed by atoms with E-state index >= 15 is 0 Å². The lowest BCUT2D eigenvalue weighted by Crippen LogP contribution is -2.46. The molecule has 1 fully saturated rings. The zero-order valence-electron chi connectivity index (χ0n) is 11.7. The van der Waals surface area contributed by atoms with E-state index in [2.05, 4.69) is 24.8 Å². The van der Waals surface area contributed by atoms with Crippen LogP contribution in [0.4, 0.5) is 0 Å². The van der Waals surface area contributed by atoms with Crippen molar-refractivity contribution in [1.29, 1.82) is 5.26 Å². The van der Waals surface area contributed by atoms with Gasteiger partial charge < -0.3 is 9.47 Å². The van der Waals surface area contributed by atoms with Gasteiger partial charge in [-0.25, -0.2) is 0 Å². The summed E-state index contributed by atoms with van der Waals surface area (Å²) in [4.78, 5) is 2.40. The summed E-state index contributed by atoms with van der Waals surface area (Å²) >= 11 is 0. The van der Waals surface area contributed by atoms with Crippen LogP contribution in [-0.2, 0) is 11.3 Å². The van der Waals surface area contributed by atoms with Crippen LogP contribution < -0.4 is 4.74 Å². The molecule has 2 unspecified atom stereocenters. The smallest absolute Gasteiger partial charge is 0.136 e. The minimum atomic E-state index is 0.275. The van der Waals surface area contributed by atoms with E-state index in [1.165, 1.54) is 0 Å². The van der Waals surface area contributed by atoms with Crippen molar-refractivity contribution < 1.29 is 9.47 Å². The lowest BCUT2D eigenvalue weighted by molar-refractivity contribution is -0.0526. The topological polar surface area (TPSA) is 45.5 Å². The normalized spacial score (nSPS) is 23.9. The minimum Gasteiger partial charge on any atom is -0.495 e. The highest BCUT2D eigenvalue weighted by atomic mass is 16.5. The first-order valence-corrected chi connectivity index (χ1v) is 6.56. The third kappa shape index (κ3) is 3.25. The maximum absolute atomic E-state index is 8.98. The first-order valence-electron chi connectivity index (χ1n) is 6.56. The Morgan fingerprint density at radius 2 is 2.26 bits per heavy atom. The van der Waals surface area contributed by atoms with Crippen LogP contribution in [0.15, 0.2) is 18.2 Å². The molecule has 19 heavy (non-hydrogen) atoms. The molecule has 4 heteroatoms. The molecule has 0 radical (unpaired) electrons. The molecule has 0 aromatic heterocycles. The van der Waals surface area contributed by atoms with Crippen molar-refractivity contribution in [3.8, 4) is 11.8 Å². The third-order valence-corrected chi connectivity index (χ3v) is 3.51. The van der Waals surface area contributed by atoms with Crippen LogP contribution in [0.5, 0.6) is 5.75 Å². The average molecular weight is 260 g/mol. The molecular weight excluding hydrogens is 240 g/mol. The van der Waals surface area contributed by atoms with Crippen LogP contribution in [0.2, 0.25) is 0 Å². The summed E-state index contributed by atoms with van der Waals surface area (Å²) in [5.41, 5.74) is 1.74. The van der Waals surface area contributed by atoms with Crippen molar-refractivity contribution in [3.05, 3.63) is 29.3 Å². The third-order valence-electron chi connectivity index (χ3n) is 3.51. The monoisotopic (exact) mass is 260 g/mol. The Morgan fingerprint density at radius 1 is 1.47 bits per heavy atom. The number of morpholine rings is 1. The number of methoxy groups -OCH3 is 1. The Labute approximate surface area is 114 Å². The summed E-state index contributed by atoms with van der Waals surface area (Å²) in [6, 6.07) is 8.32. The van der Waals surface area contributed by atoms with Gasteiger partial charge in [0.1, 0.15) is 11.8 Å². The number of nitriles is 1. The van der Waals surface area contributed by atoms with E-state index in [1.807, 2.05) is 18.2 Å². The Bertz CT molecular complexity index is 482. The van der Waals surface area contributed by atoms with Crippen molar-refractivity contribution in [2.24, 2.45) is 0 Å². The van der Waals surface area contributed by atoms with Gasteiger partial charge in [0.15, 0.2) is 0 Å². The Kier molecular flexibility index (Phi) is 4.41. The highest BCUT2D eigenvalue weighted by Crippen LogP contribution is 2.22. The second kappa shape index (κ2) is 6.05. The molecule has 1 aliphatic rings. The largest absolute Gasteiger partial charge is 0.495 e. The SMILES string of the molecule is COc1cc(CN2CC(C)OCC2C)ccc1C#N. The molecule has 102 valence electrons.